The Labute approximate surface area is 176 Å². The minimum Gasteiger partial charge on any atom is -0.352 e. The van der Waals surface area contributed by atoms with E-state index in [1.54, 1.807) is 18.4 Å². The fourth-order valence-electron chi connectivity index (χ4n) is 2.33. The van der Waals surface area contributed by atoms with Gasteiger partial charge < -0.3 is 16.0 Å². The molecule has 1 aromatic heterocycles. The predicted octanol–water partition coefficient (Wildman–Crippen LogP) is 4.22. The molecule has 0 saturated carbocycles. The summed E-state index contributed by atoms with van der Waals surface area (Å²) in [7, 11) is 1.76. The second-order valence-electron chi connectivity index (χ2n) is 6.21. The van der Waals surface area contributed by atoms with Gasteiger partial charge in [0.15, 0.2) is 5.96 Å². The van der Waals surface area contributed by atoms with Gasteiger partial charge in [0.2, 0.25) is 5.91 Å². The summed E-state index contributed by atoms with van der Waals surface area (Å²) in [6.45, 7) is 5.46. The number of halogens is 1. The molecular weight excluding hydrogens is 459 g/mol. The molecule has 1 heterocycles. The molecule has 0 saturated heterocycles. The zero-order valence-corrected chi connectivity index (χ0v) is 18.6. The van der Waals surface area contributed by atoms with Crippen LogP contribution in [0.3, 0.4) is 0 Å². The van der Waals surface area contributed by atoms with Crippen LogP contribution in [-0.4, -0.2) is 18.9 Å². The normalized spacial score (nSPS) is 11.0. The van der Waals surface area contributed by atoms with E-state index in [1.807, 2.05) is 44.2 Å². The SMILES string of the molecule is CN=C(NCc1cccc(NC(=O)CC(C)C)c1)NCc1cccs1.I. The molecule has 0 radical (unpaired) electrons. The van der Waals surface area contributed by atoms with Crippen molar-refractivity contribution in [3.05, 3.63) is 52.2 Å². The molecule has 7 heteroatoms. The Bertz CT molecular complexity index is 701. The van der Waals surface area contributed by atoms with Gasteiger partial charge in [-0.1, -0.05) is 32.0 Å². The van der Waals surface area contributed by atoms with Crippen LogP contribution in [0.25, 0.3) is 0 Å². The van der Waals surface area contributed by atoms with Gasteiger partial charge in [0.25, 0.3) is 0 Å². The van der Waals surface area contributed by atoms with E-state index in [9.17, 15) is 4.79 Å². The lowest BCUT2D eigenvalue weighted by Gasteiger charge is -2.12. The topological polar surface area (TPSA) is 65.5 Å². The predicted molar refractivity (Wildman–Crippen MR) is 121 cm³/mol. The highest BCUT2D eigenvalue weighted by Gasteiger charge is 2.06. The van der Waals surface area contributed by atoms with Crippen LogP contribution in [0, 0.1) is 5.92 Å². The van der Waals surface area contributed by atoms with Crippen molar-refractivity contribution in [1.29, 1.82) is 0 Å². The standard InChI is InChI=1S/C19H26N4OS.HI/c1-14(2)10-18(24)23-16-7-4-6-15(11-16)12-21-19(20-3)22-13-17-8-5-9-25-17;/h4-9,11,14H,10,12-13H2,1-3H3,(H,23,24)(H2,20,21,22);1H. The van der Waals surface area contributed by atoms with Crippen molar-refractivity contribution in [2.45, 2.75) is 33.4 Å². The van der Waals surface area contributed by atoms with E-state index < -0.39 is 0 Å². The van der Waals surface area contributed by atoms with Gasteiger partial charge in [-0.3, -0.25) is 9.79 Å². The van der Waals surface area contributed by atoms with Crippen molar-refractivity contribution in [3.8, 4) is 0 Å². The van der Waals surface area contributed by atoms with Gasteiger partial charge in [-0.05, 0) is 35.1 Å². The molecule has 2 aromatic rings. The number of hydrogen-bond acceptors (Lipinski definition) is 3. The first kappa shape index (κ1) is 22.4. The second kappa shape index (κ2) is 11.9. The summed E-state index contributed by atoms with van der Waals surface area (Å²) in [5.74, 6) is 1.15. The maximum atomic E-state index is 11.9. The summed E-state index contributed by atoms with van der Waals surface area (Å²) in [6.07, 6.45) is 0.530. The zero-order valence-electron chi connectivity index (χ0n) is 15.4. The van der Waals surface area contributed by atoms with Crippen molar-refractivity contribution in [2.75, 3.05) is 12.4 Å². The van der Waals surface area contributed by atoms with Crippen LogP contribution >= 0.6 is 35.3 Å². The summed E-state index contributed by atoms with van der Waals surface area (Å²) in [4.78, 5) is 17.4. The average Bonchev–Trinajstić information content (AvgIpc) is 3.08. The van der Waals surface area contributed by atoms with Crippen molar-refractivity contribution >= 4 is 52.9 Å². The monoisotopic (exact) mass is 486 g/mol. The molecule has 0 spiro atoms. The number of nitrogens with zero attached hydrogens (tertiary/aromatic N) is 1. The van der Waals surface area contributed by atoms with Crippen molar-refractivity contribution in [3.63, 3.8) is 0 Å². The van der Waals surface area contributed by atoms with Crippen LogP contribution in [-0.2, 0) is 17.9 Å². The summed E-state index contributed by atoms with van der Waals surface area (Å²) in [6, 6.07) is 12.0. The molecule has 0 fully saturated rings. The van der Waals surface area contributed by atoms with Crippen LogP contribution in [0.1, 0.15) is 30.7 Å². The molecule has 1 aromatic carbocycles. The van der Waals surface area contributed by atoms with Crippen LogP contribution < -0.4 is 16.0 Å². The third-order valence-corrected chi connectivity index (χ3v) is 4.37. The molecule has 3 N–H and O–H groups in total. The van der Waals surface area contributed by atoms with Crippen LogP contribution in [0.5, 0.6) is 0 Å². The molecule has 5 nitrogen and oxygen atoms in total. The number of guanidine groups is 1. The Kier molecular flexibility index (Phi) is 10.3. The van der Waals surface area contributed by atoms with Crippen molar-refractivity contribution in [2.24, 2.45) is 10.9 Å². The largest absolute Gasteiger partial charge is 0.352 e. The number of amides is 1. The number of nitrogens with one attached hydrogen (secondary N) is 3. The number of hydrogen-bond donors (Lipinski definition) is 3. The highest BCUT2D eigenvalue weighted by atomic mass is 127. The lowest BCUT2D eigenvalue weighted by molar-refractivity contribution is -0.116. The fraction of sp³-hybridized carbons (Fsp3) is 0.368. The van der Waals surface area contributed by atoms with E-state index in [0.29, 0.717) is 18.9 Å². The Morgan fingerprint density at radius 1 is 1.15 bits per heavy atom. The van der Waals surface area contributed by atoms with Crippen LogP contribution in [0.15, 0.2) is 46.8 Å². The van der Waals surface area contributed by atoms with Gasteiger partial charge in [-0.25, -0.2) is 0 Å². The minimum atomic E-state index is 0. The third kappa shape index (κ3) is 8.18. The van der Waals surface area contributed by atoms with E-state index in [4.69, 9.17) is 0 Å². The lowest BCUT2D eigenvalue weighted by atomic mass is 10.1. The van der Waals surface area contributed by atoms with E-state index in [2.05, 4.69) is 32.4 Å². The van der Waals surface area contributed by atoms with Crippen molar-refractivity contribution < 1.29 is 4.79 Å². The lowest BCUT2D eigenvalue weighted by Crippen LogP contribution is -2.36. The summed E-state index contributed by atoms with van der Waals surface area (Å²) < 4.78 is 0. The summed E-state index contributed by atoms with van der Waals surface area (Å²) in [5, 5.41) is 11.6. The highest BCUT2D eigenvalue weighted by molar-refractivity contribution is 14.0. The number of rotatable bonds is 7. The summed E-state index contributed by atoms with van der Waals surface area (Å²) in [5.41, 5.74) is 1.91. The number of aliphatic imine (C=N–C) groups is 1. The molecule has 0 bridgehead atoms. The van der Waals surface area contributed by atoms with Gasteiger partial charge in [-0.15, -0.1) is 35.3 Å². The molecular formula is C19H27IN4OS. The molecule has 0 unspecified atom stereocenters. The van der Waals surface area contributed by atoms with Crippen LogP contribution in [0.4, 0.5) is 5.69 Å². The summed E-state index contributed by atoms with van der Waals surface area (Å²) >= 11 is 1.72. The molecule has 26 heavy (non-hydrogen) atoms. The average molecular weight is 486 g/mol. The van der Waals surface area contributed by atoms with Gasteiger partial charge in [-0.2, -0.15) is 0 Å². The molecule has 0 atom stereocenters. The van der Waals surface area contributed by atoms with Crippen molar-refractivity contribution in [1.82, 2.24) is 10.6 Å². The molecule has 2 rings (SSSR count). The second-order valence-corrected chi connectivity index (χ2v) is 7.24. The van der Waals surface area contributed by atoms with Gasteiger partial charge in [0, 0.05) is 30.6 Å². The molecule has 142 valence electrons. The Hall–Kier alpha value is -1.61. The van der Waals surface area contributed by atoms with E-state index in [-0.39, 0.29) is 29.9 Å². The Balaban J connectivity index is 0.00000338. The molecule has 0 aliphatic rings. The fourth-order valence-corrected chi connectivity index (χ4v) is 2.98. The smallest absolute Gasteiger partial charge is 0.224 e. The van der Waals surface area contributed by atoms with Gasteiger partial charge >= 0.3 is 0 Å². The molecule has 0 aliphatic heterocycles. The Morgan fingerprint density at radius 3 is 2.58 bits per heavy atom. The van der Waals surface area contributed by atoms with Gasteiger partial charge in [0.1, 0.15) is 0 Å². The minimum absolute atomic E-state index is 0. The maximum absolute atomic E-state index is 11.9. The maximum Gasteiger partial charge on any atom is 0.224 e. The number of carbonyl (C=O) groups excluding carboxylic acids is 1. The van der Waals surface area contributed by atoms with Gasteiger partial charge in [0.05, 0.1) is 6.54 Å². The molecule has 1 amide bonds. The number of carbonyl (C=O) groups is 1. The number of thiophene rings is 1. The molecule has 0 aliphatic carbocycles. The zero-order chi connectivity index (χ0) is 18.1. The first-order valence-electron chi connectivity index (χ1n) is 8.42. The third-order valence-electron chi connectivity index (χ3n) is 3.50. The first-order valence-corrected chi connectivity index (χ1v) is 9.30. The number of benzene rings is 1. The Morgan fingerprint density at radius 2 is 1.92 bits per heavy atom. The van der Waals surface area contributed by atoms with E-state index >= 15 is 0 Å². The van der Waals surface area contributed by atoms with E-state index in [1.165, 1.54) is 4.88 Å². The van der Waals surface area contributed by atoms with Crippen LogP contribution in [0.2, 0.25) is 0 Å². The quantitative estimate of drug-likeness (QED) is 0.312. The van der Waals surface area contributed by atoms with E-state index in [0.717, 1.165) is 23.8 Å². The highest BCUT2D eigenvalue weighted by Crippen LogP contribution is 2.12. The first-order chi connectivity index (χ1) is 12.1. The number of anilines is 1.